The molecule has 1 aromatic carbocycles. The first kappa shape index (κ1) is 22.3. The standard InChI is InChI=1S/C28H26N8S/c1-18-10-26(33-25-12-23-24(14-30-25)37-27(32-23)20-8-5-9-29-13-20)34-28(31-18)36-17-21-11-22(36)16-35(21)15-19-6-3-2-4-7-19/h2-10,12-14,21-22H,11,15-17H2,1H3,(H,30,31,33,34)/t21-,22-/m0/s1. The molecule has 2 saturated heterocycles. The molecule has 8 nitrogen and oxygen atoms in total. The van der Waals surface area contributed by atoms with Crippen LogP contribution in [0.25, 0.3) is 20.8 Å². The zero-order valence-electron chi connectivity index (χ0n) is 20.5. The first-order chi connectivity index (χ1) is 18.2. The Morgan fingerprint density at radius 3 is 2.68 bits per heavy atom. The van der Waals surface area contributed by atoms with Crippen molar-refractivity contribution in [3.05, 3.63) is 84.4 Å². The van der Waals surface area contributed by atoms with Crippen molar-refractivity contribution in [2.45, 2.75) is 32.0 Å². The molecule has 4 aromatic heterocycles. The number of fused-ring (bicyclic) bond motifs is 3. The first-order valence-electron chi connectivity index (χ1n) is 12.5. The van der Waals surface area contributed by atoms with E-state index >= 15 is 0 Å². The van der Waals surface area contributed by atoms with Gasteiger partial charge in [0.2, 0.25) is 5.95 Å². The summed E-state index contributed by atoms with van der Waals surface area (Å²) in [6.45, 7) is 5.02. The minimum absolute atomic E-state index is 0.443. The summed E-state index contributed by atoms with van der Waals surface area (Å²) in [5.41, 5.74) is 4.22. The van der Waals surface area contributed by atoms with Crippen LogP contribution in [0.5, 0.6) is 0 Å². The Morgan fingerprint density at radius 2 is 1.86 bits per heavy atom. The van der Waals surface area contributed by atoms with Crippen molar-refractivity contribution in [1.82, 2.24) is 29.8 Å². The third kappa shape index (κ3) is 4.41. The molecule has 0 saturated carbocycles. The molecule has 2 atom stereocenters. The average molecular weight is 507 g/mol. The number of rotatable bonds is 6. The zero-order valence-corrected chi connectivity index (χ0v) is 21.3. The van der Waals surface area contributed by atoms with Gasteiger partial charge in [0.15, 0.2) is 0 Å². The van der Waals surface area contributed by atoms with Gasteiger partial charge in [0.25, 0.3) is 0 Å². The number of aromatic nitrogens is 5. The molecule has 2 aliphatic rings. The van der Waals surface area contributed by atoms with Gasteiger partial charge in [-0.3, -0.25) is 9.88 Å². The fourth-order valence-corrected chi connectivity index (χ4v) is 6.30. The highest BCUT2D eigenvalue weighted by Crippen LogP contribution is 2.35. The smallest absolute Gasteiger partial charge is 0.227 e. The molecule has 0 spiro atoms. The van der Waals surface area contributed by atoms with Crippen LogP contribution in [-0.4, -0.2) is 55.0 Å². The molecule has 2 aliphatic heterocycles. The van der Waals surface area contributed by atoms with Crippen molar-refractivity contribution in [2.24, 2.45) is 0 Å². The van der Waals surface area contributed by atoms with E-state index in [9.17, 15) is 0 Å². The molecule has 6 heterocycles. The molecule has 37 heavy (non-hydrogen) atoms. The number of hydrogen-bond donors (Lipinski definition) is 1. The van der Waals surface area contributed by atoms with Gasteiger partial charge in [-0.1, -0.05) is 30.3 Å². The van der Waals surface area contributed by atoms with E-state index in [1.54, 1.807) is 17.5 Å². The van der Waals surface area contributed by atoms with E-state index in [0.717, 1.165) is 70.1 Å². The van der Waals surface area contributed by atoms with E-state index in [1.165, 1.54) is 5.56 Å². The van der Waals surface area contributed by atoms with Crippen molar-refractivity contribution in [3.8, 4) is 10.6 Å². The Bertz CT molecular complexity index is 1560. The second kappa shape index (κ2) is 9.17. The highest BCUT2D eigenvalue weighted by molar-refractivity contribution is 7.21. The van der Waals surface area contributed by atoms with Crippen LogP contribution in [0.15, 0.2) is 73.2 Å². The predicted molar refractivity (Wildman–Crippen MR) is 147 cm³/mol. The number of nitrogens with zero attached hydrogens (tertiary/aromatic N) is 7. The van der Waals surface area contributed by atoms with Gasteiger partial charge in [-0.25, -0.2) is 15.0 Å². The largest absolute Gasteiger partial charge is 0.335 e. The summed E-state index contributed by atoms with van der Waals surface area (Å²) < 4.78 is 1.04. The number of pyridine rings is 2. The van der Waals surface area contributed by atoms with Crippen molar-refractivity contribution >= 4 is 39.1 Å². The molecule has 1 N–H and O–H groups in total. The number of likely N-dealkylation sites (tertiary alicyclic amines) is 1. The fourth-order valence-electron chi connectivity index (χ4n) is 5.40. The van der Waals surface area contributed by atoms with Crippen LogP contribution in [-0.2, 0) is 6.54 Å². The summed E-state index contributed by atoms with van der Waals surface area (Å²) in [6.07, 6.45) is 6.63. The van der Waals surface area contributed by atoms with Gasteiger partial charge in [-0.2, -0.15) is 4.98 Å². The fraction of sp³-hybridized carbons (Fsp3) is 0.250. The number of thiazole rings is 1. The Hall–Kier alpha value is -3.95. The van der Waals surface area contributed by atoms with Gasteiger partial charge in [-0.05, 0) is 31.0 Å². The highest BCUT2D eigenvalue weighted by atomic mass is 32.1. The molecular formula is C28H26N8S. The summed E-state index contributed by atoms with van der Waals surface area (Å²) in [5, 5.41) is 4.33. The van der Waals surface area contributed by atoms with Crippen LogP contribution in [0.1, 0.15) is 17.7 Å². The minimum atomic E-state index is 0.443. The van der Waals surface area contributed by atoms with Gasteiger partial charge in [-0.15, -0.1) is 11.3 Å². The summed E-state index contributed by atoms with van der Waals surface area (Å²) in [5.74, 6) is 2.26. The minimum Gasteiger partial charge on any atom is -0.335 e. The van der Waals surface area contributed by atoms with Crippen LogP contribution in [0.2, 0.25) is 0 Å². The van der Waals surface area contributed by atoms with E-state index in [-0.39, 0.29) is 0 Å². The van der Waals surface area contributed by atoms with E-state index in [0.29, 0.717) is 12.1 Å². The summed E-state index contributed by atoms with van der Waals surface area (Å²) in [6, 6.07) is 19.6. The maximum atomic E-state index is 4.89. The number of hydrogen-bond acceptors (Lipinski definition) is 9. The molecule has 0 unspecified atom stereocenters. The maximum Gasteiger partial charge on any atom is 0.227 e. The molecular weight excluding hydrogens is 480 g/mol. The Balaban J connectivity index is 1.08. The Morgan fingerprint density at radius 1 is 0.946 bits per heavy atom. The van der Waals surface area contributed by atoms with Crippen LogP contribution in [0.3, 0.4) is 0 Å². The van der Waals surface area contributed by atoms with Gasteiger partial charge in [0.1, 0.15) is 16.6 Å². The lowest BCUT2D eigenvalue weighted by atomic mass is 10.2. The van der Waals surface area contributed by atoms with Gasteiger partial charge < -0.3 is 10.2 Å². The quantitative estimate of drug-likeness (QED) is 0.342. The molecule has 0 radical (unpaired) electrons. The van der Waals surface area contributed by atoms with E-state index in [1.807, 2.05) is 43.6 Å². The van der Waals surface area contributed by atoms with Crippen molar-refractivity contribution in [1.29, 1.82) is 0 Å². The Labute approximate surface area is 219 Å². The van der Waals surface area contributed by atoms with Gasteiger partial charge >= 0.3 is 0 Å². The van der Waals surface area contributed by atoms with Crippen molar-refractivity contribution < 1.29 is 0 Å². The summed E-state index contributed by atoms with van der Waals surface area (Å²) >= 11 is 1.62. The summed E-state index contributed by atoms with van der Waals surface area (Å²) in [4.78, 5) is 28.3. The second-order valence-corrected chi connectivity index (χ2v) is 10.8. The van der Waals surface area contributed by atoms with Crippen LogP contribution >= 0.6 is 11.3 Å². The van der Waals surface area contributed by atoms with Crippen molar-refractivity contribution in [2.75, 3.05) is 23.3 Å². The number of benzene rings is 1. The lowest BCUT2D eigenvalue weighted by molar-refractivity contribution is 0.229. The zero-order chi connectivity index (χ0) is 24.8. The molecule has 5 aromatic rings. The lowest BCUT2D eigenvalue weighted by Crippen LogP contribution is -2.46. The summed E-state index contributed by atoms with van der Waals surface area (Å²) in [7, 11) is 0. The Kier molecular flexibility index (Phi) is 5.52. The van der Waals surface area contributed by atoms with Gasteiger partial charge in [0.05, 0.1) is 10.2 Å². The third-order valence-electron chi connectivity index (χ3n) is 7.12. The monoisotopic (exact) mass is 506 g/mol. The highest BCUT2D eigenvalue weighted by Gasteiger charge is 2.44. The van der Waals surface area contributed by atoms with Crippen LogP contribution in [0, 0.1) is 6.92 Å². The van der Waals surface area contributed by atoms with E-state index in [4.69, 9.17) is 15.0 Å². The number of anilines is 3. The van der Waals surface area contributed by atoms with E-state index in [2.05, 4.69) is 55.4 Å². The topological polar surface area (TPSA) is 83.0 Å². The molecule has 7 rings (SSSR count). The number of nitrogens with one attached hydrogen (secondary N) is 1. The first-order valence-corrected chi connectivity index (χ1v) is 13.3. The lowest BCUT2D eigenvalue weighted by Gasteiger charge is -2.34. The predicted octanol–water partition coefficient (Wildman–Crippen LogP) is 5.06. The number of piperazine rings is 1. The van der Waals surface area contributed by atoms with Crippen molar-refractivity contribution in [3.63, 3.8) is 0 Å². The van der Waals surface area contributed by atoms with E-state index < -0.39 is 0 Å². The molecule has 184 valence electrons. The normalized spacial score (nSPS) is 19.1. The second-order valence-electron chi connectivity index (χ2n) is 9.73. The molecule has 2 fully saturated rings. The van der Waals surface area contributed by atoms with Gasteiger partial charge in [0, 0.05) is 73.7 Å². The van der Waals surface area contributed by atoms with Crippen LogP contribution < -0.4 is 10.2 Å². The SMILES string of the molecule is Cc1cc(Nc2cc3nc(-c4cccnc4)sc3cn2)nc(N2C[C@@H]3C[C@H]2CN3Cc2ccccc2)n1. The molecule has 0 amide bonds. The third-order valence-corrected chi connectivity index (χ3v) is 8.18. The number of aryl methyl sites for hydroxylation is 1. The molecule has 9 heteroatoms. The average Bonchev–Trinajstić information content (AvgIpc) is 3.64. The molecule has 0 aliphatic carbocycles. The maximum absolute atomic E-state index is 4.89. The molecule has 2 bridgehead atoms. The van der Waals surface area contributed by atoms with Crippen LogP contribution in [0.4, 0.5) is 17.6 Å².